The second-order valence-corrected chi connectivity index (χ2v) is 6.74. The van der Waals surface area contributed by atoms with E-state index in [2.05, 4.69) is 0 Å². The van der Waals surface area contributed by atoms with E-state index in [0.717, 1.165) is 29.1 Å². The monoisotopic (exact) mass is 276 g/mol. The number of carboxylic acid groups (broad SMARTS) is 1. The number of hydrogen-bond donors (Lipinski definition) is 2. The summed E-state index contributed by atoms with van der Waals surface area (Å²) in [5, 5.41) is 14.0. The molecule has 0 spiro atoms. The molecule has 1 aliphatic rings. The maximum atomic E-state index is 11.1. The van der Waals surface area contributed by atoms with E-state index in [1.165, 1.54) is 11.0 Å². The Balaban J connectivity index is 2.29. The Hall–Kier alpha value is -1.12. The number of carbonyl (C=O) groups is 1. The van der Waals surface area contributed by atoms with Crippen molar-refractivity contribution < 1.29 is 18.3 Å². The third kappa shape index (κ3) is 2.43. The molecule has 8 heteroatoms. The average molecular weight is 276 g/mol. The third-order valence-corrected chi connectivity index (χ3v) is 5.33. The van der Waals surface area contributed by atoms with Crippen molar-refractivity contribution in [2.24, 2.45) is 5.14 Å². The first-order valence-corrected chi connectivity index (χ1v) is 7.38. The van der Waals surface area contributed by atoms with Crippen LogP contribution in [0, 0.1) is 0 Å². The van der Waals surface area contributed by atoms with Crippen LogP contribution in [0.5, 0.6) is 0 Å². The molecule has 1 aliphatic heterocycles. The summed E-state index contributed by atoms with van der Waals surface area (Å²) in [5.74, 6) is 0. The van der Waals surface area contributed by atoms with Crippen LogP contribution in [-0.4, -0.2) is 31.1 Å². The highest BCUT2D eigenvalue weighted by molar-refractivity contribution is 7.91. The number of rotatable bonds is 2. The lowest BCUT2D eigenvalue weighted by Gasteiger charge is -2.19. The standard InChI is InChI=1S/C9H12N2O4S2/c10-17(14,15)8-4-3-7(16-8)6-2-1-5-11(6)9(12)13/h3-4,6H,1-2,5H2,(H,12,13)(H2,10,14,15)/t6-/m0/s1. The molecule has 0 radical (unpaired) electrons. The number of likely N-dealkylation sites (tertiary alicyclic amines) is 1. The zero-order valence-corrected chi connectivity index (χ0v) is 10.5. The SMILES string of the molecule is NS(=O)(=O)c1ccc([C@@H]2CCCN2C(=O)O)s1. The highest BCUT2D eigenvalue weighted by Gasteiger charge is 2.31. The van der Waals surface area contributed by atoms with Crippen molar-refractivity contribution in [3.63, 3.8) is 0 Å². The molecule has 1 aromatic rings. The first-order chi connectivity index (χ1) is 7.89. The van der Waals surface area contributed by atoms with Gasteiger partial charge in [0.15, 0.2) is 0 Å². The molecule has 1 saturated heterocycles. The van der Waals surface area contributed by atoms with Gasteiger partial charge in [-0.3, -0.25) is 0 Å². The van der Waals surface area contributed by atoms with Crippen molar-refractivity contribution in [3.05, 3.63) is 17.0 Å². The quantitative estimate of drug-likeness (QED) is 0.847. The van der Waals surface area contributed by atoms with Crippen LogP contribution in [0.1, 0.15) is 23.8 Å². The van der Waals surface area contributed by atoms with Crippen LogP contribution in [0.2, 0.25) is 0 Å². The first-order valence-electron chi connectivity index (χ1n) is 5.01. The fraction of sp³-hybridized carbons (Fsp3) is 0.444. The minimum atomic E-state index is -3.70. The van der Waals surface area contributed by atoms with Gasteiger partial charge < -0.3 is 10.0 Å². The summed E-state index contributed by atoms with van der Waals surface area (Å²) in [6.45, 7) is 0.489. The highest BCUT2D eigenvalue weighted by Crippen LogP contribution is 2.36. The first kappa shape index (κ1) is 12.3. The normalized spacial score (nSPS) is 20.8. The smallest absolute Gasteiger partial charge is 0.407 e. The van der Waals surface area contributed by atoms with Crippen molar-refractivity contribution in [2.75, 3.05) is 6.54 Å². The van der Waals surface area contributed by atoms with Crippen LogP contribution in [0.4, 0.5) is 4.79 Å². The van der Waals surface area contributed by atoms with E-state index in [-0.39, 0.29) is 10.3 Å². The molecule has 0 aliphatic carbocycles. The molecule has 2 rings (SSSR count). The van der Waals surface area contributed by atoms with Gasteiger partial charge in [-0.05, 0) is 25.0 Å². The minimum absolute atomic E-state index is 0.0738. The van der Waals surface area contributed by atoms with E-state index in [9.17, 15) is 13.2 Å². The van der Waals surface area contributed by atoms with Crippen LogP contribution in [0.3, 0.4) is 0 Å². The van der Waals surface area contributed by atoms with Gasteiger partial charge in [-0.25, -0.2) is 18.4 Å². The molecule has 17 heavy (non-hydrogen) atoms. The molecule has 1 amide bonds. The maximum absolute atomic E-state index is 11.1. The number of nitrogens with two attached hydrogens (primary N) is 1. The van der Waals surface area contributed by atoms with Crippen molar-refractivity contribution in [1.29, 1.82) is 0 Å². The van der Waals surface area contributed by atoms with E-state index < -0.39 is 16.1 Å². The zero-order chi connectivity index (χ0) is 12.6. The van der Waals surface area contributed by atoms with Gasteiger partial charge >= 0.3 is 6.09 Å². The molecule has 1 fully saturated rings. The van der Waals surface area contributed by atoms with Gasteiger partial charge in [0.05, 0.1) is 6.04 Å². The largest absolute Gasteiger partial charge is 0.465 e. The summed E-state index contributed by atoms with van der Waals surface area (Å²) in [5.41, 5.74) is 0. The molecule has 1 atom stereocenters. The van der Waals surface area contributed by atoms with Gasteiger partial charge in [0.2, 0.25) is 10.0 Å². The molecule has 0 aromatic carbocycles. The summed E-state index contributed by atoms with van der Waals surface area (Å²) in [6, 6.07) is 2.82. The summed E-state index contributed by atoms with van der Waals surface area (Å²) in [4.78, 5) is 13.0. The van der Waals surface area contributed by atoms with Gasteiger partial charge in [-0.1, -0.05) is 0 Å². The fourth-order valence-corrected chi connectivity index (χ4v) is 3.85. The summed E-state index contributed by atoms with van der Waals surface area (Å²) in [6.07, 6.45) is 0.536. The summed E-state index contributed by atoms with van der Waals surface area (Å²) < 4.78 is 22.3. The Labute approximate surface area is 103 Å². The number of nitrogens with zero attached hydrogens (tertiary/aromatic N) is 1. The molecule has 0 saturated carbocycles. The lowest BCUT2D eigenvalue weighted by molar-refractivity contribution is 0.141. The van der Waals surface area contributed by atoms with Gasteiger partial charge in [0, 0.05) is 11.4 Å². The number of amides is 1. The molecule has 1 aromatic heterocycles. The summed E-state index contributed by atoms with van der Waals surface area (Å²) in [7, 11) is -3.70. The number of sulfonamides is 1. The Morgan fingerprint density at radius 3 is 2.76 bits per heavy atom. The molecule has 2 heterocycles. The van der Waals surface area contributed by atoms with Crippen molar-refractivity contribution in [1.82, 2.24) is 4.90 Å². The highest BCUT2D eigenvalue weighted by atomic mass is 32.2. The number of thiophene rings is 1. The zero-order valence-electron chi connectivity index (χ0n) is 8.87. The Kier molecular flexibility index (Phi) is 3.11. The van der Waals surface area contributed by atoms with Gasteiger partial charge in [0.25, 0.3) is 0 Å². The van der Waals surface area contributed by atoms with Crippen LogP contribution in [-0.2, 0) is 10.0 Å². The van der Waals surface area contributed by atoms with Crippen LogP contribution in [0.15, 0.2) is 16.3 Å². The van der Waals surface area contributed by atoms with Crippen LogP contribution < -0.4 is 5.14 Å². The third-order valence-electron chi connectivity index (χ3n) is 2.71. The van der Waals surface area contributed by atoms with Gasteiger partial charge in [0.1, 0.15) is 4.21 Å². The van der Waals surface area contributed by atoms with E-state index >= 15 is 0 Å². The average Bonchev–Trinajstić information content (AvgIpc) is 2.85. The van der Waals surface area contributed by atoms with Gasteiger partial charge in [-0.2, -0.15) is 0 Å². The molecule has 0 unspecified atom stereocenters. The maximum Gasteiger partial charge on any atom is 0.407 e. The van der Waals surface area contributed by atoms with Gasteiger partial charge in [-0.15, -0.1) is 11.3 Å². The van der Waals surface area contributed by atoms with Crippen molar-refractivity contribution >= 4 is 27.5 Å². The predicted octanol–water partition coefficient (Wildman–Crippen LogP) is 1.21. The molecular weight excluding hydrogens is 264 g/mol. The second-order valence-electron chi connectivity index (χ2n) is 3.84. The Morgan fingerprint density at radius 1 is 1.53 bits per heavy atom. The molecule has 94 valence electrons. The van der Waals surface area contributed by atoms with Crippen molar-refractivity contribution in [3.8, 4) is 0 Å². The lowest BCUT2D eigenvalue weighted by atomic mass is 10.2. The van der Waals surface area contributed by atoms with Crippen LogP contribution >= 0.6 is 11.3 Å². The van der Waals surface area contributed by atoms with E-state index in [0.29, 0.717) is 6.54 Å². The Bertz CT molecular complexity index is 537. The molecule has 3 N–H and O–H groups in total. The molecule has 0 bridgehead atoms. The van der Waals surface area contributed by atoms with Crippen LogP contribution in [0.25, 0.3) is 0 Å². The van der Waals surface area contributed by atoms with E-state index in [1.54, 1.807) is 6.07 Å². The topological polar surface area (TPSA) is 101 Å². The Morgan fingerprint density at radius 2 is 2.24 bits per heavy atom. The fourth-order valence-electron chi connectivity index (χ4n) is 1.96. The van der Waals surface area contributed by atoms with Crippen molar-refractivity contribution in [2.45, 2.75) is 23.1 Å². The number of primary sulfonamides is 1. The minimum Gasteiger partial charge on any atom is -0.465 e. The van der Waals surface area contributed by atoms with E-state index in [4.69, 9.17) is 10.2 Å². The second kappa shape index (κ2) is 4.28. The molecule has 6 nitrogen and oxygen atoms in total. The predicted molar refractivity (Wildman–Crippen MR) is 62.4 cm³/mol. The lowest BCUT2D eigenvalue weighted by Crippen LogP contribution is -2.28. The summed E-state index contributed by atoms with van der Waals surface area (Å²) >= 11 is 1.04. The van der Waals surface area contributed by atoms with E-state index in [1.807, 2.05) is 0 Å². The molecular formula is C9H12N2O4S2. The number of hydrogen-bond acceptors (Lipinski definition) is 4.